The molecule has 2 N–H and O–H groups in total. The molecule has 1 amide bonds. The first-order valence-corrected chi connectivity index (χ1v) is 9.16. The van der Waals surface area contributed by atoms with Gasteiger partial charge in [-0.1, -0.05) is 6.07 Å². The van der Waals surface area contributed by atoms with Crippen molar-refractivity contribution in [2.75, 3.05) is 6.54 Å². The number of hydrogen-bond donors (Lipinski definition) is 2. The SMILES string of the molecule is CCNC(=O)c1sccc1S(=O)(=O)NCc1cccs1. The fraction of sp³-hybridized carbons (Fsp3) is 0.250. The minimum Gasteiger partial charge on any atom is -0.352 e. The standard InChI is InChI=1S/C12H14N2O3S3/c1-2-13-12(15)11-10(5-7-19-11)20(16,17)14-8-9-4-3-6-18-9/h3-7,14H,2,8H2,1H3,(H,13,15). The van der Waals surface area contributed by atoms with Gasteiger partial charge in [0.1, 0.15) is 9.77 Å². The molecule has 0 saturated carbocycles. The van der Waals surface area contributed by atoms with E-state index in [1.807, 2.05) is 17.5 Å². The number of sulfonamides is 1. The average Bonchev–Trinajstić information content (AvgIpc) is 3.08. The van der Waals surface area contributed by atoms with Gasteiger partial charge >= 0.3 is 0 Å². The van der Waals surface area contributed by atoms with Crippen LogP contribution in [0.25, 0.3) is 0 Å². The lowest BCUT2D eigenvalue weighted by atomic mass is 10.4. The van der Waals surface area contributed by atoms with E-state index in [1.165, 1.54) is 17.4 Å². The zero-order valence-corrected chi connectivity index (χ0v) is 13.2. The number of carbonyl (C=O) groups is 1. The Morgan fingerprint density at radius 2 is 2.05 bits per heavy atom. The predicted molar refractivity (Wildman–Crippen MR) is 80.7 cm³/mol. The van der Waals surface area contributed by atoms with Crippen LogP contribution in [0.4, 0.5) is 0 Å². The van der Waals surface area contributed by atoms with Gasteiger partial charge in [-0.3, -0.25) is 4.79 Å². The van der Waals surface area contributed by atoms with Gasteiger partial charge in [-0.2, -0.15) is 0 Å². The monoisotopic (exact) mass is 330 g/mol. The van der Waals surface area contributed by atoms with Gasteiger partial charge in [-0.15, -0.1) is 22.7 Å². The molecule has 2 aromatic heterocycles. The third-order valence-electron chi connectivity index (χ3n) is 2.48. The highest BCUT2D eigenvalue weighted by Crippen LogP contribution is 2.22. The molecule has 0 unspecified atom stereocenters. The van der Waals surface area contributed by atoms with Gasteiger partial charge in [0.15, 0.2) is 0 Å². The van der Waals surface area contributed by atoms with Crippen LogP contribution >= 0.6 is 22.7 Å². The van der Waals surface area contributed by atoms with Gasteiger partial charge < -0.3 is 5.32 Å². The number of rotatable bonds is 6. The zero-order chi connectivity index (χ0) is 14.6. The molecule has 2 aromatic rings. The third-order valence-corrected chi connectivity index (χ3v) is 5.84. The Bertz CT molecular complexity index is 675. The van der Waals surface area contributed by atoms with E-state index in [4.69, 9.17) is 0 Å². The van der Waals surface area contributed by atoms with Crippen molar-refractivity contribution in [2.24, 2.45) is 0 Å². The lowest BCUT2D eigenvalue weighted by molar-refractivity contribution is 0.0957. The molecule has 0 aromatic carbocycles. The number of nitrogens with one attached hydrogen (secondary N) is 2. The van der Waals surface area contributed by atoms with Gasteiger partial charge in [-0.05, 0) is 29.8 Å². The van der Waals surface area contributed by atoms with Crippen molar-refractivity contribution >= 4 is 38.6 Å². The molecular weight excluding hydrogens is 316 g/mol. The Morgan fingerprint density at radius 3 is 2.70 bits per heavy atom. The first-order valence-electron chi connectivity index (χ1n) is 5.92. The van der Waals surface area contributed by atoms with E-state index in [-0.39, 0.29) is 22.2 Å². The summed E-state index contributed by atoms with van der Waals surface area (Å²) in [5.74, 6) is -0.362. The quantitative estimate of drug-likeness (QED) is 0.851. The number of amides is 1. The first kappa shape index (κ1) is 15.2. The van der Waals surface area contributed by atoms with Gasteiger partial charge in [0, 0.05) is 18.0 Å². The summed E-state index contributed by atoms with van der Waals surface area (Å²) in [6.07, 6.45) is 0. The Morgan fingerprint density at radius 1 is 1.25 bits per heavy atom. The van der Waals surface area contributed by atoms with Crippen LogP contribution in [0.3, 0.4) is 0 Å². The highest BCUT2D eigenvalue weighted by Gasteiger charge is 2.23. The molecule has 0 saturated heterocycles. The van der Waals surface area contributed by atoms with Crippen LogP contribution < -0.4 is 10.0 Å². The lowest BCUT2D eigenvalue weighted by Gasteiger charge is -2.06. The second-order valence-corrected chi connectivity index (χ2v) is 7.56. The fourth-order valence-corrected chi connectivity index (χ4v) is 4.66. The molecule has 2 heterocycles. The van der Waals surface area contributed by atoms with E-state index < -0.39 is 10.0 Å². The van der Waals surface area contributed by atoms with Crippen molar-refractivity contribution in [2.45, 2.75) is 18.4 Å². The normalized spacial score (nSPS) is 11.4. The molecule has 8 heteroatoms. The Kier molecular flexibility index (Phi) is 4.92. The lowest BCUT2D eigenvalue weighted by Crippen LogP contribution is -2.27. The molecule has 0 aliphatic carbocycles. The van der Waals surface area contributed by atoms with E-state index in [1.54, 1.807) is 12.3 Å². The summed E-state index contributed by atoms with van der Waals surface area (Å²) in [6.45, 7) is 2.47. The predicted octanol–water partition coefficient (Wildman–Crippen LogP) is 2.04. The van der Waals surface area contributed by atoms with Crippen LogP contribution in [0.2, 0.25) is 0 Å². The van der Waals surface area contributed by atoms with Crippen LogP contribution in [-0.4, -0.2) is 20.9 Å². The van der Waals surface area contributed by atoms with Gasteiger partial charge in [0.25, 0.3) is 5.91 Å². The maximum Gasteiger partial charge on any atom is 0.262 e. The largest absolute Gasteiger partial charge is 0.352 e. The van der Waals surface area contributed by atoms with Crippen LogP contribution in [-0.2, 0) is 16.6 Å². The zero-order valence-electron chi connectivity index (χ0n) is 10.8. The van der Waals surface area contributed by atoms with Gasteiger partial charge in [-0.25, -0.2) is 13.1 Å². The van der Waals surface area contributed by atoms with Gasteiger partial charge in [0.2, 0.25) is 10.0 Å². The number of thiophene rings is 2. The Hall–Kier alpha value is -1.22. The summed E-state index contributed by atoms with van der Waals surface area (Å²) in [5.41, 5.74) is 0. The molecule has 0 spiro atoms. The average molecular weight is 330 g/mol. The molecule has 0 radical (unpaired) electrons. The summed E-state index contributed by atoms with van der Waals surface area (Å²) in [7, 11) is -3.68. The van der Waals surface area contributed by atoms with Crippen molar-refractivity contribution in [3.63, 3.8) is 0 Å². The van der Waals surface area contributed by atoms with E-state index in [9.17, 15) is 13.2 Å². The summed E-state index contributed by atoms with van der Waals surface area (Å²) >= 11 is 2.60. The molecule has 0 aliphatic rings. The maximum atomic E-state index is 12.2. The smallest absolute Gasteiger partial charge is 0.262 e. The molecule has 20 heavy (non-hydrogen) atoms. The van der Waals surface area contributed by atoms with E-state index >= 15 is 0 Å². The second kappa shape index (κ2) is 6.49. The maximum absolute atomic E-state index is 12.2. The van der Waals surface area contributed by atoms with E-state index in [2.05, 4.69) is 10.0 Å². The number of hydrogen-bond acceptors (Lipinski definition) is 5. The van der Waals surface area contributed by atoms with Crippen molar-refractivity contribution < 1.29 is 13.2 Å². The topological polar surface area (TPSA) is 75.3 Å². The molecule has 5 nitrogen and oxygen atoms in total. The van der Waals surface area contributed by atoms with E-state index in [0.717, 1.165) is 16.2 Å². The summed E-state index contributed by atoms with van der Waals surface area (Å²) in [6, 6.07) is 5.16. The Labute approximate surface area is 125 Å². The third kappa shape index (κ3) is 3.45. The molecule has 0 aliphatic heterocycles. The minimum absolute atomic E-state index is 0.0324. The van der Waals surface area contributed by atoms with Crippen molar-refractivity contribution in [3.8, 4) is 0 Å². The Balaban J connectivity index is 2.17. The molecule has 108 valence electrons. The molecule has 2 rings (SSSR count). The molecular formula is C12H14N2O3S3. The second-order valence-electron chi connectivity index (χ2n) is 3.88. The summed E-state index contributed by atoms with van der Waals surface area (Å²) in [5, 5.41) is 6.10. The molecule has 0 bridgehead atoms. The van der Waals surface area contributed by atoms with Crippen molar-refractivity contribution in [3.05, 3.63) is 38.7 Å². The molecule has 0 fully saturated rings. The molecule has 0 atom stereocenters. The van der Waals surface area contributed by atoms with Crippen molar-refractivity contribution in [1.29, 1.82) is 0 Å². The fourth-order valence-electron chi connectivity index (χ4n) is 1.57. The van der Waals surface area contributed by atoms with Crippen LogP contribution in [0.15, 0.2) is 33.9 Å². The van der Waals surface area contributed by atoms with Crippen LogP contribution in [0, 0.1) is 0 Å². The van der Waals surface area contributed by atoms with Crippen LogP contribution in [0.5, 0.6) is 0 Å². The number of carbonyl (C=O) groups excluding carboxylic acids is 1. The minimum atomic E-state index is -3.68. The van der Waals surface area contributed by atoms with Gasteiger partial charge in [0.05, 0.1) is 0 Å². The summed E-state index contributed by atoms with van der Waals surface area (Å²) < 4.78 is 27.0. The van der Waals surface area contributed by atoms with Crippen molar-refractivity contribution in [1.82, 2.24) is 10.0 Å². The first-order chi connectivity index (χ1) is 9.54. The highest BCUT2D eigenvalue weighted by atomic mass is 32.2. The van der Waals surface area contributed by atoms with E-state index in [0.29, 0.717) is 6.54 Å². The van der Waals surface area contributed by atoms with Crippen LogP contribution in [0.1, 0.15) is 21.5 Å². The summed E-state index contributed by atoms with van der Waals surface area (Å²) in [4.78, 5) is 13.0. The highest BCUT2D eigenvalue weighted by molar-refractivity contribution is 7.89.